The number of aryl methyl sites for hydroxylation is 1. The van der Waals surface area contributed by atoms with Crippen LogP contribution >= 0.6 is 0 Å². The normalized spacial score (nSPS) is 10.9. The molecule has 0 saturated heterocycles. The second kappa shape index (κ2) is 10.2. The van der Waals surface area contributed by atoms with E-state index in [0.717, 1.165) is 0 Å². The predicted molar refractivity (Wildman–Crippen MR) is 140 cm³/mol. The van der Waals surface area contributed by atoms with Gasteiger partial charge in [0.2, 0.25) is 5.95 Å². The Hall–Kier alpha value is -4.99. The molecule has 0 radical (unpaired) electrons. The molecule has 5 aromatic rings. The smallest absolute Gasteiger partial charge is 0.260 e. The molecule has 2 N–H and O–H groups in total. The van der Waals surface area contributed by atoms with Crippen LogP contribution in [-0.2, 0) is 0 Å². The summed E-state index contributed by atoms with van der Waals surface area (Å²) in [5, 5.41) is 3.55. The number of nitrogens with zero attached hydrogens (tertiary/aromatic N) is 2. The van der Waals surface area contributed by atoms with Gasteiger partial charge < -0.3 is 19.5 Å². The molecule has 0 fully saturated rings. The molecule has 0 amide bonds. The number of aromatic nitrogens is 3. The van der Waals surface area contributed by atoms with Crippen LogP contribution in [0.2, 0.25) is 0 Å². The van der Waals surface area contributed by atoms with Gasteiger partial charge >= 0.3 is 0 Å². The van der Waals surface area contributed by atoms with Crippen molar-refractivity contribution in [3.63, 3.8) is 0 Å². The molecule has 5 rings (SSSR count). The lowest BCUT2D eigenvalue weighted by atomic mass is 10.1. The number of H-pyrrole nitrogens is 1. The van der Waals surface area contributed by atoms with Gasteiger partial charge in [0.1, 0.15) is 11.6 Å². The summed E-state index contributed by atoms with van der Waals surface area (Å²) in [6, 6.07) is 13.4. The number of pyridine rings is 1. The van der Waals surface area contributed by atoms with Crippen molar-refractivity contribution in [1.82, 2.24) is 15.0 Å². The SMILES string of the molecule is COc1cc2nccc(Oc3ccc(-c4cnc(Nc5ccc(F)cc5C)[nH]c4=O)cc3F)c2cc1OC. The van der Waals surface area contributed by atoms with Crippen molar-refractivity contribution in [3.8, 4) is 34.1 Å². The average molecular weight is 517 g/mol. The fourth-order valence-corrected chi connectivity index (χ4v) is 3.96. The lowest BCUT2D eigenvalue weighted by Gasteiger charge is -2.13. The molecule has 0 aliphatic rings. The van der Waals surface area contributed by atoms with Crippen molar-refractivity contribution in [1.29, 1.82) is 0 Å². The van der Waals surface area contributed by atoms with E-state index in [-0.39, 0.29) is 23.1 Å². The zero-order valence-electron chi connectivity index (χ0n) is 20.6. The van der Waals surface area contributed by atoms with Crippen LogP contribution in [0.5, 0.6) is 23.0 Å². The van der Waals surface area contributed by atoms with Crippen LogP contribution in [0.25, 0.3) is 22.0 Å². The minimum Gasteiger partial charge on any atom is -0.493 e. The van der Waals surface area contributed by atoms with E-state index >= 15 is 4.39 Å². The van der Waals surface area contributed by atoms with Gasteiger partial charge in [-0.2, -0.15) is 0 Å². The third-order valence-corrected chi connectivity index (χ3v) is 5.91. The molecule has 3 aromatic carbocycles. The number of hydrogen-bond donors (Lipinski definition) is 2. The number of nitrogens with one attached hydrogen (secondary N) is 2. The number of aromatic amines is 1. The number of halogens is 2. The summed E-state index contributed by atoms with van der Waals surface area (Å²) in [6.45, 7) is 1.73. The van der Waals surface area contributed by atoms with Gasteiger partial charge in [0.05, 0.1) is 25.3 Å². The van der Waals surface area contributed by atoms with Gasteiger partial charge in [-0.15, -0.1) is 0 Å². The quantitative estimate of drug-likeness (QED) is 0.269. The van der Waals surface area contributed by atoms with Crippen molar-refractivity contribution in [3.05, 3.63) is 94.5 Å². The molecule has 0 bridgehead atoms. The van der Waals surface area contributed by atoms with E-state index in [1.165, 1.54) is 44.7 Å². The molecule has 0 spiro atoms. The van der Waals surface area contributed by atoms with Gasteiger partial charge in [0.25, 0.3) is 5.56 Å². The summed E-state index contributed by atoms with van der Waals surface area (Å²) >= 11 is 0. The second-order valence-electron chi connectivity index (χ2n) is 8.34. The molecule has 0 saturated carbocycles. The summed E-state index contributed by atoms with van der Waals surface area (Å²) in [4.78, 5) is 23.9. The van der Waals surface area contributed by atoms with Gasteiger partial charge in [-0.05, 0) is 60.5 Å². The summed E-state index contributed by atoms with van der Waals surface area (Å²) in [6.07, 6.45) is 2.88. The number of benzene rings is 3. The van der Waals surface area contributed by atoms with Crippen LogP contribution in [0.15, 0.2) is 71.8 Å². The maximum atomic E-state index is 15.1. The van der Waals surface area contributed by atoms with Crippen molar-refractivity contribution in [2.24, 2.45) is 0 Å². The van der Waals surface area contributed by atoms with Crippen molar-refractivity contribution in [2.45, 2.75) is 6.92 Å². The van der Waals surface area contributed by atoms with Crippen molar-refractivity contribution < 1.29 is 23.0 Å². The average Bonchev–Trinajstić information content (AvgIpc) is 2.91. The van der Waals surface area contributed by atoms with Gasteiger partial charge in [-0.3, -0.25) is 14.8 Å². The highest BCUT2D eigenvalue weighted by atomic mass is 19.1. The Balaban J connectivity index is 1.41. The van der Waals surface area contributed by atoms with E-state index in [9.17, 15) is 9.18 Å². The van der Waals surface area contributed by atoms with Gasteiger partial charge in [0.15, 0.2) is 23.1 Å². The number of anilines is 2. The molecule has 38 heavy (non-hydrogen) atoms. The summed E-state index contributed by atoms with van der Waals surface area (Å²) < 4.78 is 45.0. The Morgan fingerprint density at radius 2 is 1.66 bits per heavy atom. The molecule has 8 nitrogen and oxygen atoms in total. The molecule has 2 aromatic heterocycles. The Morgan fingerprint density at radius 1 is 0.868 bits per heavy atom. The van der Waals surface area contributed by atoms with E-state index in [1.807, 2.05) is 0 Å². The monoisotopic (exact) mass is 516 g/mol. The molecule has 0 aliphatic heterocycles. The van der Waals surface area contributed by atoms with Gasteiger partial charge in [0, 0.05) is 29.5 Å². The molecule has 0 atom stereocenters. The molecule has 192 valence electrons. The summed E-state index contributed by atoms with van der Waals surface area (Å²) in [5.41, 5.74) is 1.83. The Bertz CT molecular complexity index is 1720. The second-order valence-corrected chi connectivity index (χ2v) is 8.34. The fraction of sp³-hybridized carbons (Fsp3) is 0.107. The molecular weight excluding hydrogens is 494 g/mol. The van der Waals surface area contributed by atoms with Crippen LogP contribution in [0.3, 0.4) is 0 Å². The summed E-state index contributed by atoms with van der Waals surface area (Å²) in [7, 11) is 3.04. The standard InChI is InChI=1S/C28H22F2N4O4/c1-15-10-17(29)5-6-21(15)33-28-32-14-19(27(35)34-28)16-4-7-24(20(30)11-16)38-23-8-9-31-22-13-26(37-3)25(36-2)12-18(22)23/h4-14H,1-3H3,(H2,32,33,34,35). The first-order valence-electron chi connectivity index (χ1n) is 11.5. The third kappa shape index (κ3) is 4.83. The number of fused-ring (bicyclic) bond motifs is 1. The Labute approximate surface area is 215 Å². The lowest BCUT2D eigenvalue weighted by Crippen LogP contribution is -2.13. The van der Waals surface area contributed by atoms with E-state index in [4.69, 9.17) is 14.2 Å². The number of methoxy groups -OCH3 is 2. The van der Waals surface area contributed by atoms with Crippen LogP contribution in [-0.4, -0.2) is 29.2 Å². The lowest BCUT2D eigenvalue weighted by molar-refractivity contribution is 0.355. The zero-order chi connectivity index (χ0) is 26.8. The highest BCUT2D eigenvalue weighted by molar-refractivity contribution is 5.88. The van der Waals surface area contributed by atoms with Gasteiger partial charge in [-0.25, -0.2) is 13.8 Å². The fourth-order valence-electron chi connectivity index (χ4n) is 3.96. The van der Waals surface area contributed by atoms with Crippen LogP contribution in [0.1, 0.15) is 5.56 Å². The maximum absolute atomic E-state index is 15.1. The van der Waals surface area contributed by atoms with Crippen LogP contribution < -0.4 is 25.1 Å². The minimum absolute atomic E-state index is 0.0366. The van der Waals surface area contributed by atoms with E-state index in [0.29, 0.717) is 45.0 Å². The zero-order valence-corrected chi connectivity index (χ0v) is 20.6. The first-order valence-corrected chi connectivity index (χ1v) is 11.5. The molecule has 2 heterocycles. The van der Waals surface area contributed by atoms with E-state index < -0.39 is 11.4 Å². The molecular formula is C28H22F2N4O4. The van der Waals surface area contributed by atoms with Gasteiger partial charge in [-0.1, -0.05) is 6.07 Å². The largest absolute Gasteiger partial charge is 0.493 e. The van der Waals surface area contributed by atoms with E-state index in [1.54, 1.807) is 43.5 Å². The van der Waals surface area contributed by atoms with Crippen LogP contribution in [0.4, 0.5) is 20.4 Å². The molecule has 10 heteroatoms. The van der Waals surface area contributed by atoms with Crippen LogP contribution in [0, 0.1) is 18.6 Å². The van der Waals surface area contributed by atoms with E-state index in [2.05, 4.69) is 20.3 Å². The predicted octanol–water partition coefficient (Wildman–Crippen LogP) is 6.12. The maximum Gasteiger partial charge on any atom is 0.260 e. The highest BCUT2D eigenvalue weighted by Crippen LogP contribution is 2.37. The first-order chi connectivity index (χ1) is 18.4. The third-order valence-electron chi connectivity index (χ3n) is 5.91. The molecule has 0 aliphatic carbocycles. The van der Waals surface area contributed by atoms with Crippen molar-refractivity contribution >= 4 is 22.5 Å². The first kappa shape index (κ1) is 24.7. The number of hydrogen-bond acceptors (Lipinski definition) is 7. The minimum atomic E-state index is -0.670. The highest BCUT2D eigenvalue weighted by Gasteiger charge is 2.15. The van der Waals surface area contributed by atoms with Crippen molar-refractivity contribution in [2.75, 3.05) is 19.5 Å². The Morgan fingerprint density at radius 3 is 2.37 bits per heavy atom. The molecule has 0 unspecified atom stereocenters. The topological polar surface area (TPSA) is 98.4 Å². The number of rotatable bonds is 7. The Kier molecular flexibility index (Phi) is 6.61. The summed E-state index contributed by atoms with van der Waals surface area (Å²) in [5.74, 6) is 0.457. The number of ether oxygens (including phenoxy) is 3.